The van der Waals surface area contributed by atoms with Crippen molar-refractivity contribution in [1.29, 1.82) is 0 Å². The second-order valence-corrected chi connectivity index (χ2v) is 15.4. The molecule has 2 aliphatic rings. The van der Waals surface area contributed by atoms with E-state index in [1.54, 1.807) is 26.5 Å². The van der Waals surface area contributed by atoms with E-state index in [0.717, 1.165) is 40.0 Å². The van der Waals surface area contributed by atoms with E-state index in [1.165, 1.54) is 4.57 Å². The van der Waals surface area contributed by atoms with Gasteiger partial charge >= 0.3 is 5.69 Å². The first-order valence-corrected chi connectivity index (χ1v) is 20.4. The van der Waals surface area contributed by atoms with Crippen LogP contribution in [0.3, 0.4) is 0 Å². The fourth-order valence-corrected chi connectivity index (χ4v) is 8.90. The third-order valence-electron chi connectivity index (χ3n) is 11.8. The highest BCUT2D eigenvalue weighted by molar-refractivity contribution is 5.53. The molecule has 5 atom stereocenters. The van der Waals surface area contributed by atoms with Gasteiger partial charge in [0.05, 0.1) is 26.4 Å². The Labute approximate surface area is 355 Å². The molecular formula is C50H48N6O5. The SMILES string of the molecule is COc1ccc(C(OC[C@]2(N=[N+]=[N-])C[C@H](C)C(n3ccc(NC(c4ccccc4)(c4ccc(OC)cc4)C4C=CC=CC4)nc3=O)O2)(c2ccccc2)c2ccccc2)cc1. The Morgan fingerprint density at radius 2 is 1.33 bits per heavy atom. The second kappa shape index (κ2) is 17.7. The quantitative estimate of drug-likeness (QED) is 0.0472. The molecule has 3 unspecified atom stereocenters. The summed E-state index contributed by atoms with van der Waals surface area (Å²) >= 11 is 0. The predicted octanol–water partition coefficient (Wildman–Crippen LogP) is 10.3. The number of aromatic nitrogens is 2. The smallest absolute Gasteiger partial charge is 0.351 e. The lowest BCUT2D eigenvalue weighted by Crippen LogP contribution is -2.44. The standard InChI is InChI=1S/C50H48N6O5/c1-36-34-48(54-55-51,35-60-50(40-20-12-6-13-21-40,41-22-14-7-15-23-41)42-26-30-44(59-3)31-27-42)61-46(36)56-33-32-45(52-47(56)57)53-49(37-16-8-4-9-17-37,38-18-10-5-11-19-38)39-24-28-43(58-2)29-25-39/h4-18,20-33,36,38,46H,19,34-35H2,1-3H3,(H,52,53,57)/t36-,38?,46?,48-,49?/m0/s1. The minimum absolute atomic E-state index is 0.0306. The average molecular weight is 813 g/mol. The lowest BCUT2D eigenvalue weighted by atomic mass is 9.70. The van der Waals surface area contributed by atoms with Gasteiger partial charge < -0.3 is 24.3 Å². The molecule has 61 heavy (non-hydrogen) atoms. The number of anilines is 1. The van der Waals surface area contributed by atoms with Gasteiger partial charge in [-0.25, -0.2) is 4.79 Å². The Hall–Kier alpha value is -6.91. The molecule has 308 valence electrons. The average Bonchev–Trinajstić information content (AvgIpc) is 3.65. The van der Waals surface area contributed by atoms with Crippen LogP contribution in [0.1, 0.15) is 53.8 Å². The van der Waals surface area contributed by atoms with Crippen LogP contribution in [0.4, 0.5) is 5.82 Å². The molecule has 0 saturated carbocycles. The number of benzene rings is 5. The van der Waals surface area contributed by atoms with Gasteiger partial charge in [-0.3, -0.25) is 4.57 Å². The summed E-state index contributed by atoms with van der Waals surface area (Å²) in [6.07, 6.45) is 10.4. The maximum absolute atomic E-state index is 14.2. The molecular weight excluding hydrogens is 765 g/mol. The molecule has 1 fully saturated rings. The second-order valence-electron chi connectivity index (χ2n) is 15.4. The summed E-state index contributed by atoms with van der Waals surface area (Å²) in [6, 6.07) is 47.6. The van der Waals surface area contributed by atoms with E-state index in [-0.39, 0.29) is 24.9 Å². The Kier molecular flexibility index (Phi) is 11.9. The highest BCUT2D eigenvalue weighted by Crippen LogP contribution is 2.47. The summed E-state index contributed by atoms with van der Waals surface area (Å²) in [6.45, 7) is 1.84. The fraction of sp³-hybridized carbons (Fsp3) is 0.240. The van der Waals surface area contributed by atoms with Gasteiger partial charge in [-0.15, -0.1) is 0 Å². The van der Waals surface area contributed by atoms with Gasteiger partial charge in [-0.1, -0.05) is 152 Å². The molecule has 0 amide bonds. The molecule has 1 aliphatic heterocycles. The predicted molar refractivity (Wildman–Crippen MR) is 236 cm³/mol. The number of nitrogens with one attached hydrogen (secondary N) is 1. The van der Waals surface area contributed by atoms with E-state index in [1.807, 2.05) is 128 Å². The highest BCUT2D eigenvalue weighted by atomic mass is 16.6. The topological polar surface area (TPSA) is 133 Å². The maximum atomic E-state index is 14.2. The lowest BCUT2D eigenvalue weighted by molar-refractivity contribution is -0.136. The third kappa shape index (κ3) is 7.94. The number of methoxy groups -OCH3 is 2. The number of hydrogen-bond donors (Lipinski definition) is 1. The zero-order valence-corrected chi connectivity index (χ0v) is 34.4. The molecule has 0 spiro atoms. The van der Waals surface area contributed by atoms with Crippen molar-refractivity contribution in [3.63, 3.8) is 0 Å². The van der Waals surface area contributed by atoms with E-state index in [9.17, 15) is 10.3 Å². The van der Waals surface area contributed by atoms with E-state index in [4.69, 9.17) is 18.9 Å². The molecule has 1 saturated heterocycles. The molecule has 2 heterocycles. The number of allylic oxidation sites excluding steroid dienone is 3. The van der Waals surface area contributed by atoms with E-state index >= 15 is 0 Å². The first-order chi connectivity index (χ1) is 29.8. The van der Waals surface area contributed by atoms with Crippen LogP contribution in [0.5, 0.6) is 11.5 Å². The Balaban J connectivity index is 1.14. The highest BCUT2D eigenvalue weighted by Gasteiger charge is 2.49. The van der Waals surface area contributed by atoms with Crippen LogP contribution in [0.2, 0.25) is 0 Å². The molecule has 11 heteroatoms. The van der Waals surface area contributed by atoms with Crippen LogP contribution in [0, 0.1) is 11.8 Å². The molecule has 6 aromatic rings. The normalized spacial score (nSPS) is 20.6. The third-order valence-corrected chi connectivity index (χ3v) is 11.8. The van der Waals surface area contributed by atoms with Crippen molar-refractivity contribution in [3.05, 3.63) is 225 Å². The summed E-state index contributed by atoms with van der Waals surface area (Å²) in [5, 5.41) is 8.01. The first kappa shape index (κ1) is 40.9. The van der Waals surface area contributed by atoms with E-state index in [2.05, 4.69) is 62.8 Å². The van der Waals surface area contributed by atoms with Crippen LogP contribution in [0.25, 0.3) is 10.4 Å². The summed E-state index contributed by atoms with van der Waals surface area (Å²) in [7, 11) is 3.28. The first-order valence-electron chi connectivity index (χ1n) is 20.4. The van der Waals surface area contributed by atoms with Gasteiger partial charge in [0.15, 0.2) is 5.72 Å². The molecule has 0 bridgehead atoms. The van der Waals surface area contributed by atoms with Crippen molar-refractivity contribution >= 4 is 5.82 Å². The number of hydrogen-bond acceptors (Lipinski definition) is 8. The lowest BCUT2D eigenvalue weighted by Gasteiger charge is -2.42. The zero-order chi connectivity index (χ0) is 42.3. The molecule has 8 rings (SSSR count). The number of azide groups is 1. The molecule has 1 aromatic heterocycles. The van der Waals surface area contributed by atoms with Crippen molar-refractivity contribution in [3.8, 4) is 11.5 Å². The van der Waals surface area contributed by atoms with Crippen molar-refractivity contribution in [2.24, 2.45) is 17.0 Å². The minimum Gasteiger partial charge on any atom is -0.497 e. The van der Waals surface area contributed by atoms with Crippen LogP contribution >= 0.6 is 0 Å². The van der Waals surface area contributed by atoms with Crippen molar-refractivity contribution in [2.45, 2.75) is 42.9 Å². The summed E-state index contributed by atoms with van der Waals surface area (Å²) < 4.78 is 26.3. The summed E-state index contributed by atoms with van der Waals surface area (Å²) in [5.74, 6) is 1.55. The van der Waals surface area contributed by atoms with Crippen LogP contribution in [-0.4, -0.2) is 36.1 Å². The molecule has 1 N–H and O–H groups in total. The minimum atomic E-state index is -1.46. The van der Waals surface area contributed by atoms with Gasteiger partial charge in [0, 0.05) is 22.9 Å². The molecule has 11 nitrogen and oxygen atoms in total. The van der Waals surface area contributed by atoms with Crippen molar-refractivity contribution in [2.75, 3.05) is 26.1 Å². The zero-order valence-electron chi connectivity index (χ0n) is 34.4. The van der Waals surface area contributed by atoms with Crippen LogP contribution < -0.4 is 20.5 Å². The summed E-state index contributed by atoms with van der Waals surface area (Å²) in [4.78, 5) is 22.1. The molecule has 1 aliphatic carbocycles. The van der Waals surface area contributed by atoms with Crippen molar-refractivity contribution < 1.29 is 18.9 Å². The Bertz CT molecular complexity index is 2540. The molecule has 0 radical (unpaired) electrons. The van der Waals surface area contributed by atoms with Gasteiger partial charge in [0.2, 0.25) is 0 Å². The fourth-order valence-electron chi connectivity index (χ4n) is 8.90. The van der Waals surface area contributed by atoms with Crippen molar-refractivity contribution in [1.82, 2.24) is 9.55 Å². The van der Waals surface area contributed by atoms with Crippen LogP contribution in [-0.2, 0) is 20.6 Å². The van der Waals surface area contributed by atoms with Gasteiger partial charge in [-0.2, -0.15) is 4.98 Å². The largest absolute Gasteiger partial charge is 0.497 e. The Morgan fingerprint density at radius 3 is 1.85 bits per heavy atom. The van der Waals surface area contributed by atoms with Gasteiger partial charge in [0.25, 0.3) is 0 Å². The number of ether oxygens (including phenoxy) is 4. The van der Waals surface area contributed by atoms with E-state index < -0.39 is 28.8 Å². The van der Waals surface area contributed by atoms with Gasteiger partial charge in [-0.05, 0) is 76.5 Å². The van der Waals surface area contributed by atoms with E-state index in [0.29, 0.717) is 11.6 Å². The molecule has 5 aromatic carbocycles. The maximum Gasteiger partial charge on any atom is 0.351 e. The van der Waals surface area contributed by atoms with Gasteiger partial charge in [0.1, 0.15) is 29.1 Å². The monoisotopic (exact) mass is 812 g/mol. The van der Waals surface area contributed by atoms with Crippen LogP contribution in [0.15, 0.2) is 186 Å². The summed E-state index contributed by atoms with van der Waals surface area (Å²) in [5.41, 5.74) is 10.7. The Morgan fingerprint density at radius 1 is 0.787 bits per heavy atom. The number of rotatable bonds is 15. The number of nitrogens with zero attached hydrogens (tertiary/aromatic N) is 5.